The predicted octanol–water partition coefficient (Wildman–Crippen LogP) is 1.41. The summed E-state index contributed by atoms with van der Waals surface area (Å²) in [4.78, 5) is 10.3. The van der Waals surface area contributed by atoms with E-state index in [4.69, 9.17) is 0 Å². The second-order valence-corrected chi connectivity index (χ2v) is 9.01. The predicted molar refractivity (Wildman–Crippen MR) is 96.4 cm³/mol. The van der Waals surface area contributed by atoms with Crippen molar-refractivity contribution in [3.63, 3.8) is 0 Å². The van der Waals surface area contributed by atoms with Gasteiger partial charge in [-0.05, 0) is 34.8 Å². The molecular formula is C15H18BrFN4O3S. The number of benzene rings is 1. The lowest BCUT2D eigenvalue weighted by atomic mass is 9.93. The number of fused-ring (bicyclic) bond motifs is 1. The van der Waals surface area contributed by atoms with Gasteiger partial charge in [0.2, 0.25) is 10.0 Å². The summed E-state index contributed by atoms with van der Waals surface area (Å²) in [6.45, 7) is 0.808. The minimum Gasteiger partial charge on any atom is -0.387 e. The van der Waals surface area contributed by atoms with Gasteiger partial charge >= 0.3 is 0 Å². The van der Waals surface area contributed by atoms with E-state index >= 15 is 0 Å². The number of hydrogen-bond acceptors (Lipinski definition) is 6. The van der Waals surface area contributed by atoms with Gasteiger partial charge in [0.25, 0.3) is 0 Å². The number of piperidine rings is 1. The summed E-state index contributed by atoms with van der Waals surface area (Å²) >= 11 is 3.17. The molecule has 10 heteroatoms. The van der Waals surface area contributed by atoms with Crippen LogP contribution < -0.4 is 9.62 Å². The first-order chi connectivity index (χ1) is 11.7. The molecular weight excluding hydrogens is 415 g/mol. The number of sulfonamides is 1. The van der Waals surface area contributed by atoms with E-state index in [0.29, 0.717) is 40.6 Å². The molecule has 1 saturated heterocycles. The SMILES string of the molecule is CS(=O)(=O)NCC1(O)CCCN(c2ncnc3cc(F)c(Br)cc23)C1. The number of rotatable bonds is 4. The highest BCUT2D eigenvalue weighted by Crippen LogP contribution is 2.31. The zero-order chi connectivity index (χ0) is 18.2. The average molecular weight is 433 g/mol. The fourth-order valence-corrected chi connectivity index (χ4v) is 3.87. The summed E-state index contributed by atoms with van der Waals surface area (Å²) in [5.41, 5.74) is -0.732. The summed E-state index contributed by atoms with van der Waals surface area (Å²) < 4.78 is 39.0. The number of nitrogens with zero attached hydrogens (tertiary/aromatic N) is 3. The Balaban J connectivity index is 1.91. The molecule has 0 aliphatic carbocycles. The quantitative estimate of drug-likeness (QED) is 0.758. The van der Waals surface area contributed by atoms with Crippen LogP contribution in [0.3, 0.4) is 0 Å². The van der Waals surface area contributed by atoms with Crippen molar-refractivity contribution in [2.75, 3.05) is 30.8 Å². The van der Waals surface area contributed by atoms with Gasteiger partial charge in [-0.2, -0.15) is 0 Å². The number of halogens is 2. The maximum atomic E-state index is 13.7. The largest absolute Gasteiger partial charge is 0.387 e. The maximum Gasteiger partial charge on any atom is 0.208 e. The van der Waals surface area contributed by atoms with E-state index in [1.165, 1.54) is 12.4 Å². The second kappa shape index (κ2) is 6.75. The third kappa shape index (κ3) is 4.25. The topological polar surface area (TPSA) is 95.4 Å². The van der Waals surface area contributed by atoms with E-state index in [-0.39, 0.29) is 13.1 Å². The summed E-state index contributed by atoms with van der Waals surface area (Å²) in [6, 6.07) is 2.94. The van der Waals surface area contributed by atoms with Crippen molar-refractivity contribution in [3.05, 3.63) is 28.7 Å². The lowest BCUT2D eigenvalue weighted by Gasteiger charge is -2.40. The number of β-amino-alcohol motifs (C(OH)–C–C–N with tert-alkyl or cyclic N) is 1. The molecule has 1 unspecified atom stereocenters. The highest BCUT2D eigenvalue weighted by molar-refractivity contribution is 9.10. The van der Waals surface area contributed by atoms with Crippen molar-refractivity contribution in [1.82, 2.24) is 14.7 Å². The van der Waals surface area contributed by atoms with Gasteiger partial charge in [-0.15, -0.1) is 0 Å². The van der Waals surface area contributed by atoms with E-state index in [1.54, 1.807) is 6.07 Å². The molecule has 1 fully saturated rings. The Morgan fingerprint density at radius 1 is 1.44 bits per heavy atom. The zero-order valence-electron chi connectivity index (χ0n) is 13.5. The second-order valence-electron chi connectivity index (χ2n) is 6.32. The minimum atomic E-state index is -3.39. The van der Waals surface area contributed by atoms with Gasteiger partial charge in [0.05, 0.1) is 21.8 Å². The van der Waals surface area contributed by atoms with Gasteiger partial charge in [0, 0.05) is 31.1 Å². The van der Waals surface area contributed by atoms with Crippen LogP contribution in [0.15, 0.2) is 22.9 Å². The van der Waals surface area contributed by atoms with Crippen LogP contribution in [0, 0.1) is 5.82 Å². The van der Waals surface area contributed by atoms with Crippen LogP contribution in [0.5, 0.6) is 0 Å². The number of nitrogens with one attached hydrogen (secondary N) is 1. The number of aromatic nitrogens is 2. The van der Waals surface area contributed by atoms with E-state index < -0.39 is 21.4 Å². The molecule has 0 saturated carbocycles. The molecule has 1 aliphatic heterocycles. The Morgan fingerprint density at radius 2 is 2.20 bits per heavy atom. The molecule has 2 heterocycles. The van der Waals surface area contributed by atoms with Gasteiger partial charge in [0.1, 0.15) is 18.0 Å². The summed E-state index contributed by atoms with van der Waals surface area (Å²) in [5.74, 6) is 0.174. The van der Waals surface area contributed by atoms with Crippen LogP contribution in [-0.4, -0.2) is 55.0 Å². The molecule has 0 spiro atoms. The number of hydrogen-bond donors (Lipinski definition) is 2. The van der Waals surface area contributed by atoms with E-state index in [9.17, 15) is 17.9 Å². The molecule has 7 nitrogen and oxygen atoms in total. The smallest absolute Gasteiger partial charge is 0.208 e. The molecule has 136 valence electrons. The first-order valence-electron chi connectivity index (χ1n) is 7.69. The molecule has 0 radical (unpaired) electrons. The Kier molecular flexibility index (Phi) is 4.97. The van der Waals surface area contributed by atoms with Crippen molar-refractivity contribution < 1.29 is 17.9 Å². The van der Waals surface area contributed by atoms with Gasteiger partial charge in [-0.1, -0.05) is 0 Å². The third-order valence-corrected chi connectivity index (χ3v) is 5.45. The molecule has 1 aliphatic rings. The van der Waals surface area contributed by atoms with Crippen molar-refractivity contribution in [1.29, 1.82) is 0 Å². The van der Waals surface area contributed by atoms with Crippen LogP contribution in [0.2, 0.25) is 0 Å². The Bertz CT molecular complexity index is 911. The van der Waals surface area contributed by atoms with Crippen molar-refractivity contribution >= 4 is 42.7 Å². The number of anilines is 1. The molecule has 25 heavy (non-hydrogen) atoms. The van der Waals surface area contributed by atoms with Crippen LogP contribution in [0.4, 0.5) is 10.2 Å². The fraction of sp³-hybridized carbons (Fsp3) is 0.467. The molecule has 2 aromatic rings. The molecule has 3 rings (SSSR count). The lowest BCUT2D eigenvalue weighted by molar-refractivity contribution is 0.0311. The van der Waals surface area contributed by atoms with E-state index in [1.807, 2.05) is 4.90 Å². The monoisotopic (exact) mass is 432 g/mol. The molecule has 1 atom stereocenters. The third-order valence-electron chi connectivity index (χ3n) is 4.17. The minimum absolute atomic E-state index is 0.0658. The highest BCUT2D eigenvalue weighted by Gasteiger charge is 2.35. The highest BCUT2D eigenvalue weighted by atomic mass is 79.9. The summed E-state index contributed by atoms with van der Waals surface area (Å²) in [6.07, 6.45) is 3.57. The van der Waals surface area contributed by atoms with E-state index in [0.717, 1.165) is 6.26 Å². The summed E-state index contributed by atoms with van der Waals surface area (Å²) in [7, 11) is -3.39. The Morgan fingerprint density at radius 3 is 2.92 bits per heavy atom. The number of aliphatic hydroxyl groups is 1. The first-order valence-corrected chi connectivity index (χ1v) is 10.4. The van der Waals surface area contributed by atoms with Crippen LogP contribution in [0.25, 0.3) is 10.9 Å². The Labute approximate surface area is 153 Å². The maximum absolute atomic E-state index is 13.7. The van der Waals surface area contributed by atoms with Gasteiger partial charge < -0.3 is 10.0 Å². The van der Waals surface area contributed by atoms with Crippen LogP contribution >= 0.6 is 15.9 Å². The molecule has 2 N–H and O–H groups in total. The molecule has 1 aromatic heterocycles. The molecule has 0 amide bonds. The zero-order valence-corrected chi connectivity index (χ0v) is 15.9. The van der Waals surface area contributed by atoms with Crippen molar-refractivity contribution in [2.45, 2.75) is 18.4 Å². The van der Waals surface area contributed by atoms with E-state index in [2.05, 4.69) is 30.6 Å². The standard InChI is InChI=1S/C15H18BrFN4O3S/c1-25(23,24)20-7-15(22)3-2-4-21(8-15)14-10-5-11(16)12(17)6-13(10)18-9-19-14/h5-6,9,20,22H,2-4,7-8H2,1H3. The van der Waals surface area contributed by atoms with Crippen LogP contribution in [-0.2, 0) is 10.0 Å². The van der Waals surface area contributed by atoms with Crippen molar-refractivity contribution in [3.8, 4) is 0 Å². The van der Waals surface area contributed by atoms with Gasteiger partial charge in [-0.3, -0.25) is 0 Å². The summed E-state index contributed by atoms with van der Waals surface area (Å²) in [5, 5.41) is 11.4. The average Bonchev–Trinajstić information content (AvgIpc) is 2.53. The van der Waals surface area contributed by atoms with Gasteiger partial charge in [-0.25, -0.2) is 27.5 Å². The molecule has 0 bridgehead atoms. The van der Waals surface area contributed by atoms with Gasteiger partial charge in [0.15, 0.2) is 0 Å². The Hall–Kier alpha value is -1.36. The fourth-order valence-electron chi connectivity index (χ4n) is 2.99. The molecule has 1 aromatic carbocycles. The van der Waals surface area contributed by atoms with Crippen molar-refractivity contribution in [2.24, 2.45) is 0 Å². The lowest BCUT2D eigenvalue weighted by Crippen LogP contribution is -2.54. The first kappa shape index (κ1) is 18.4. The normalized spacial score (nSPS) is 21.7. The van der Waals surface area contributed by atoms with Crippen LogP contribution in [0.1, 0.15) is 12.8 Å².